The fourth-order valence-electron chi connectivity index (χ4n) is 2.94. The summed E-state index contributed by atoms with van der Waals surface area (Å²) in [6.45, 7) is 0. The normalized spacial score (nSPS) is 10.8. The fourth-order valence-corrected chi connectivity index (χ4v) is 2.94. The lowest BCUT2D eigenvalue weighted by Gasteiger charge is -2.09. The maximum Gasteiger partial charge on any atom is 0.163 e. The van der Waals surface area contributed by atoms with Crippen molar-refractivity contribution in [3.05, 3.63) is 102 Å². The van der Waals surface area contributed by atoms with E-state index in [4.69, 9.17) is 0 Å². The molecule has 0 unspecified atom stereocenters. The Hall–Kier alpha value is -3.60. The van der Waals surface area contributed by atoms with E-state index in [0.717, 1.165) is 16.6 Å². The summed E-state index contributed by atoms with van der Waals surface area (Å²) in [5.41, 5.74) is 2.68. The van der Waals surface area contributed by atoms with Gasteiger partial charge in [-0.25, -0.2) is 14.4 Å². The Bertz CT molecular complexity index is 1120. The number of rotatable bonds is 6. The fraction of sp³-hybridized carbons (Fsp3) is 0.0435. The summed E-state index contributed by atoms with van der Waals surface area (Å²) in [5, 5.41) is 4.18. The van der Waals surface area contributed by atoms with E-state index in [-0.39, 0.29) is 18.0 Å². The molecule has 1 aromatic heterocycles. The number of fused-ring (bicyclic) bond motifs is 1. The summed E-state index contributed by atoms with van der Waals surface area (Å²) < 4.78 is 13.7. The molecule has 0 aliphatic carbocycles. The van der Waals surface area contributed by atoms with E-state index in [1.54, 1.807) is 36.8 Å². The molecule has 1 radical (unpaired) electrons. The molecular weight excluding hydrogens is 353 g/mol. The average Bonchev–Trinajstić information content (AvgIpc) is 2.74. The lowest BCUT2D eigenvalue weighted by atomic mass is 10.0. The van der Waals surface area contributed by atoms with Gasteiger partial charge in [-0.3, -0.25) is 4.79 Å². The van der Waals surface area contributed by atoms with E-state index in [2.05, 4.69) is 15.3 Å². The van der Waals surface area contributed by atoms with Crippen molar-refractivity contribution in [2.75, 3.05) is 5.32 Å². The quantitative estimate of drug-likeness (QED) is 0.466. The van der Waals surface area contributed by atoms with Crippen LogP contribution in [0, 0.1) is 12.2 Å². The molecule has 1 heterocycles. The first-order chi connectivity index (χ1) is 13.7. The zero-order valence-corrected chi connectivity index (χ0v) is 15.0. The number of para-hydroxylation sites is 1. The topological polar surface area (TPSA) is 54.9 Å². The van der Waals surface area contributed by atoms with Crippen molar-refractivity contribution >= 4 is 28.2 Å². The highest BCUT2D eigenvalue weighted by atomic mass is 19.1. The minimum atomic E-state index is -0.327. The molecule has 4 aromatic rings. The Morgan fingerprint density at radius 1 is 0.929 bits per heavy atom. The van der Waals surface area contributed by atoms with Gasteiger partial charge in [-0.05, 0) is 48.0 Å². The van der Waals surface area contributed by atoms with Gasteiger partial charge in [-0.1, -0.05) is 30.3 Å². The van der Waals surface area contributed by atoms with Crippen LogP contribution >= 0.6 is 0 Å². The second-order valence-corrected chi connectivity index (χ2v) is 6.29. The van der Waals surface area contributed by atoms with Gasteiger partial charge < -0.3 is 5.32 Å². The summed E-state index contributed by atoms with van der Waals surface area (Å²) in [6, 6.07) is 21.3. The van der Waals surface area contributed by atoms with E-state index in [1.807, 2.05) is 36.4 Å². The van der Waals surface area contributed by atoms with Crippen molar-refractivity contribution in [1.82, 2.24) is 9.97 Å². The highest BCUT2D eigenvalue weighted by molar-refractivity contribution is 5.97. The number of nitrogens with zero attached hydrogens (tertiary/aromatic N) is 2. The Morgan fingerprint density at radius 3 is 2.50 bits per heavy atom. The Labute approximate surface area is 162 Å². The molecule has 0 aliphatic rings. The first-order valence-corrected chi connectivity index (χ1v) is 8.88. The molecular formula is C23H17FN3O. The number of benzene rings is 3. The molecule has 1 N–H and O–H groups in total. The van der Waals surface area contributed by atoms with Crippen LogP contribution in [-0.4, -0.2) is 15.8 Å². The summed E-state index contributed by atoms with van der Waals surface area (Å²) in [4.78, 5) is 20.9. The predicted molar refractivity (Wildman–Crippen MR) is 108 cm³/mol. The van der Waals surface area contributed by atoms with Crippen molar-refractivity contribution in [3.63, 3.8) is 0 Å². The lowest BCUT2D eigenvalue weighted by molar-refractivity contribution is 0.0992. The number of Topliss-reactive ketones (excluding diaryl/α,β-unsaturated/α-hetero) is 1. The monoisotopic (exact) mass is 370 g/mol. The van der Waals surface area contributed by atoms with Crippen LogP contribution in [0.25, 0.3) is 10.9 Å². The molecule has 3 aromatic carbocycles. The Kier molecular flexibility index (Phi) is 5.06. The van der Waals surface area contributed by atoms with E-state index in [0.29, 0.717) is 16.9 Å². The van der Waals surface area contributed by atoms with Crippen molar-refractivity contribution in [3.8, 4) is 0 Å². The summed E-state index contributed by atoms with van der Waals surface area (Å²) in [6.07, 6.45) is 3.27. The molecule has 0 saturated heterocycles. The largest absolute Gasteiger partial charge is 0.340 e. The van der Waals surface area contributed by atoms with Crippen molar-refractivity contribution < 1.29 is 9.18 Å². The van der Waals surface area contributed by atoms with Crippen molar-refractivity contribution in [2.24, 2.45) is 0 Å². The van der Waals surface area contributed by atoms with E-state index < -0.39 is 0 Å². The molecule has 0 atom stereocenters. The van der Waals surface area contributed by atoms with Crippen molar-refractivity contribution in [2.45, 2.75) is 6.42 Å². The third-order valence-electron chi connectivity index (χ3n) is 4.43. The summed E-state index contributed by atoms with van der Waals surface area (Å²) in [7, 11) is 0. The van der Waals surface area contributed by atoms with Gasteiger partial charge in [0.25, 0.3) is 0 Å². The SMILES string of the molecule is O=C(C[CH]c1ccccc1F)c1ccc(Nc2ncnc3ccccc23)cc1. The maximum atomic E-state index is 13.7. The van der Waals surface area contributed by atoms with Crippen molar-refractivity contribution in [1.29, 1.82) is 0 Å². The van der Waals surface area contributed by atoms with Crippen LogP contribution in [-0.2, 0) is 0 Å². The smallest absolute Gasteiger partial charge is 0.163 e. The molecule has 4 rings (SSSR count). The zero-order chi connectivity index (χ0) is 19.3. The van der Waals surface area contributed by atoms with Crippen LogP contribution in [0.5, 0.6) is 0 Å². The van der Waals surface area contributed by atoms with Crippen LogP contribution < -0.4 is 5.32 Å². The first kappa shape index (κ1) is 17.8. The van der Waals surface area contributed by atoms with Gasteiger partial charge in [0.1, 0.15) is 18.0 Å². The number of ketones is 1. The summed E-state index contributed by atoms with van der Waals surface area (Å²) >= 11 is 0. The van der Waals surface area contributed by atoms with Gasteiger partial charge in [0.2, 0.25) is 0 Å². The molecule has 0 aliphatic heterocycles. The van der Waals surface area contributed by atoms with Gasteiger partial charge >= 0.3 is 0 Å². The molecule has 5 heteroatoms. The number of carbonyl (C=O) groups is 1. The second kappa shape index (κ2) is 7.96. The van der Waals surface area contributed by atoms with Crippen LogP contribution in [0.3, 0.4) is 0 Å². The predicted octanol–water partition coefficient (Wildman–Crippen LogP) is 5.34. The van der Waals surface area contributed by atoms with Gasteiger partial charge in [-0.2, -0.15) is 0 Å². The Morgan fingerprint density at radius 2 is 1.68 bits per heavy atom. The minimum Gasteiger partial charge on any atom is -0.340 e. The molecule has 0 fully saturated rings. The van der Waals surface area contributed by atoms with E-state index in [1.165, 1.54) is 12.4 Å². The lowest BCUT2D eigenvalue weighted by Crippen LogP contribution is -2.01. The average molecular weight is 370 g/mol. The van der Waals surface area contributed by atoms with Crippen LogP contribution in [0.15, 0.2) is 79.1 Å². The number of halogens is 1. The third kappa shape index (κ3) is 3.88. The highest BCUT2D eigenvalue weighted by Gasteiger charge is 2.09. The third-order valence-corrected chi connectivity index (χ3v) is 4.43. The number of hydrogen-bond donors (Lipinski definition) is 1. The number of anilines is 2. The minimum absolute atomic E-state index is 0.0673. The summed E-state index contributed by atoms with van der Waals surface area (Å²) in [5.74, 6) is 0.312. The number of nitrogens with one attached hydrogen (secondary N) is 1. The zero-order valence-electron chi connectivity index (χ0n) is 15.0. The molecule has 0 spiro atoms. The molecule has 137 valence electrons. The number of aromatic nitrogens is 2. The standard InChI is InChI=1S/C23H17FN3O/c24-20-7-3-1-5-16(20)11-14-22(28)17-9-12-18(13-10-17)27-23-19-6-2-4-8-21(19)25-15-26-23/h1-13,15H,14H2,(H,25,26,27). The molecule has 0 bridgehead atoms. The molecule has 4 nitrogen and oxygen atoms in total. The van der Waals surface area contributed by atoms with Gasteiger partial charge in [0, 0.05) is 29.5 Å². The Balaban J connectivity index is 1.45. The highest BCUT2D eigenvalue weighted by Crippen LogP contribution is 2.23. The maximum absolute atomic E-state index is 13.7. The van der Waals surface area contributed by atoms with E-state index in [9.17, 15) is 9.18 Å². The van der Waals surface area contributed by atoms with Gasteiger partial charge in [-0.15, -0.1) is 0 Å². The molecule has 0 saturated carbocycles. The van der Waals surface area contributed by atoms with Crippen LogP contribution in [0.4, 0.5) is 15.9 Å². The molecule has 0 amide bonds. The first-order valence-electron chi connectivity index (χ1n) is 8.88. The van der Waals surface area contributed by atoms with Gasteiger partial charge in [0.15, 0.2) is 5.78 Å². The van der Waals surface area contributed by atoms with Crippen LogP contribution in [0.1, 0.15) is 22.3 Å². The van der Waals surface area contributed by atoms with Crippen LogP contribution in [0.2, 0.25) is 0 Å². The second-order valence-electron chi connectivity index (χ2n) is 6.29. The number of carbonyl (C=O) groups excluding carboxylic acids is 1. The molecule has 28 heavy (non-hydrogen) atoms. The van der Waals surface area contributed by atoms with Gasteiger partial charge in [0.05, 0.1) is 5.52 Å². The van der Waals surface area contributed by atoms with E-state index >= 15 is 0 Å². The number of hydrogen-bond acceptors (Lipinski definition) is 4.